The minimum absolute atomic E-state index is 0.0225. The number of nitrogens with two attached hydrogens (primary N) is 2. The summed E-state index contributed by atoms with van der Waals surface area (Å²) in [5.74, 6) is -17.6. The molecule has 0 aliphatic rings. The van der Waals surface area contributed by atoms with Crippen molar-refractivity contribution >= 4 is 99.7 Å². The second-order valence-electron chi connectivity index (χ2n) is 25.5. The van der Waals surface area contributed by atoms with Crippen LogP contribution in [0.15, 0.2) is 115 Å². The highest BCUT2D eigenvalue weighted by molar-refractivity contribution is 6.01. The Hall–Kier alpha value is -11.8. The summed E-state index contributed by atoms with van der Waals surface area (Å²) >= 11 is 0. The lowest BCUT2D eigenvalue weighted by atomic mass is 9.99. The topological polar surface area (TPSA) is 537 Å². The number of carboxylic acids is 3. The van der Waals surface area contributed by atoms with Gasteiger partial charge in [-0.1, -0.05) is 119 Å². The van der Waals surface area contributed by atoms with Crippen molar-refractivity contribution in [1.82, 2.24) is 63.5 Å². The van der Waals surface area contributed by atoms with Crippen molar-refractivity contribution in [2.24, 2.45) is 23.3 Å². The lowest BCUT2D eigenvalue weighted by molar-refractivity contribution is -0.141. The van der Waals surface area contributed by atoms with Crippen LogP contribution < -0.4 is 70.0 Å². The predicted molar refractivity (Wildman–Crippen MR) is 371 cm³/mol. The van der Waals surface area contributed by atoms with Gasteiger partial charge in [0.2, 0.25) is 70.9 Å². The summed E-state index contributed by atoms with van der Waals surface area (Å²) in [6, 6.07) is 11.5. The third-order valence-electron chi connectivity index (χ3n) is 16.1. The quantitative estimate of drug-likeness (QED) is 0.0211. The molecule has 5 aromatic rings. The molecule has 0 saturated carbocycles. The molecule has 33 nitrogen and oxygen atoms in total. The first-order valence-electron chi connectivity index (χ1n) is 33.1. The van der Waals surface area contributed by atoms with Crippen molar-refractivity contribution in [1.29, 1.82) is 0 Å². The second kappa shape index (κ2) is 39.9. The minimum Gasteiger partial charge on any atom is -0.508 e. The van der Waals surface area contributed by atoms with Crippen LogP contribution >= 0.6 is 0 Å². The van der Waals surface area contributed by atoms with Crippen LogP contribution in [0.5, 0.6) is 5.75 Å². The fraction of sp³-hybridized carbons (Fsp3) is 0.414. The second-order valence-corrected chi connectivity index (χ2v) is 25.5. The Bertz CT molecular complexity index is 3830. The van der Waals surface area contributed by atoms with Gasteiger partial charge in [0.05, 0.1) is 18.9 Å². The summed E-state index contributed by atoms with van der Waals surface area (Å²) in [4.78, 5) is 206. The Balaban J connectivity index is 1.45. The van der Waals surface area contributed by atoms with E-state index in [2.05, 4.69) is 63.5 Å². The number of carboxylic acid groups (broad SMARTS) is 3. The van der Waals surface area contributed by atoms with Crippen LogP contribution in [0.4, 0.5) is 0 Å². The number of carbonyl (C=O) groups is 15. The Morgan fingerprint density at radius 1 is 0.417 bits per heavy atom. The molecule has 0 spiro atoms. The van der Waals surface area contributed by atoms with E-state index in [-0.39, 0.29) is 37.4 Å². The third-order valence-corrected chi connectivity index (χ3v) is 16.1. The van der Waals surface area contributed by atoms with Crippen molar-refractivity contribution in [2.45, 2.75) is 166 Å². The molecule has 11 atom stereocenters. The number of aromatic hydroxyl groups is 1. The Labute approximate surface area is 592 Å². The number of aromatic nitrogens is 1. The zero-order valence-corrected chi connectivity index (χ0v) is 57.6. The number of benzene rings is 4. The summed E-state index contributed by atoms with van der Waals surface area (Å²) in [6.45, 7) is 8.33. The highest BCUT2D eigenvalue weighted by Crippen LogP contribution is 2.21. The lowest BCUT2D eigenvalue weighted by Crippen LogP contribution is -2.62. The lowest BCUT2D eigenvalue weighted by Gasteiger charge is -2.29. The molecule has 12 amide bonds. The molecule has 554 valence electrons. The predicted octanol–water partition coefficient (Wildman–Crippen LogP) is -1.52. The summed E-state index contributed by atoms with van der Waals surface area (Å²) in [5, 5.41) is 66.8. The maximum absolute atomic E-state index is 15.1. The number of nitrogens with one attached hydrogen (secondary N) is 12. The number of rotatable bonds is 41. The van der Waals surface area contributed by atoms with Crippen molar-refractivity contribution in [3.05, 3.63) is 138 Å². The van der Waals surface area contributed by atoms with Crippen LogP contribution in [-0.2, 0) is 97.6 Å². The third kappa shape index (κ3) is 27.4. The standard InChI is InChI=1S/C70H90N14O19/c1-36(2)27-48(62(95)74-35-58(91)92)78-63(96)47(25-26-56(87)88)76-61(94)39(6)75-70(103)59(37(3)4)84-69(102)51(29-41-17-11-8-12-18-41)81-66(99)52(31-43-34-73-46-20-14-13-19-45(43)46)82-68(101)54(33-57(89)90)83-65(98)50(30-42-21-23-44(85)24-22-42)79-64(97)49(28-40-15-9-7-10-16-40)80-67(100)53(32-55(72)86)77-60(93)38(5)71/h7-24,34,36-39,47-54,59,73,85H,25-33,35,71H2,1-6H3,(H2,72,86)(H,74,95)(H,75,103)(H,76,94)(H,77,93)(H,78,96)(H,79,97)(H,80,100)(H,81,99)(H,82,101)(H,83,98)(H,84,102)(H,87,88)(H,89,90)(H,91,92)/t38-,39-,47-,48-,49-,50-,51-,52-,53-,54-,59-/m0/s1. The summed E-state index contributed by atoms with van der Waals surface area (Å²) in [5.41, 5.74) is 13.5. The fourth-order valence-corrected chi connectivity index (χ4v) is 10.6. The molecule has 33 heteroatoms. The molecule has 0 radical (unpaired) electrons. The first kappa shape index (κ1) is 81.9. The average molecular weight is 1430 g/mol. The molecule has 0 aliphatic carbocycles. The molecule has 103 heavy (non-hydrogen) atoms. The maximum atomic E-state index is 15.1. The highest BCUT2D eigenvalue weighted by atomic mass is 16.4. The highest BCUT2D eigenvalue weighted by Gasteiger charge is 2.38. The van der Waals surface area contributed by atoms with E-state index in [0.717, 1.165) is 0 Å². The van der Waals surface area contributed by atoms with Gasteiger partial charge in [0.25, 0.3) is 0 Å². The van der Waals surface area contributed by atoms with Crippen LogP contribution in [0.2, 0.25) is 0 Å². The molecule has 0 bridgehead atoms. The molecular weight excluding hydrogens is 1340 g/mol. The van der Waals surface area contributed by atoms with Gasteiger partial charge >= 0.3 is 17.9 Å². The van der Waals surface area contributed by atoms with Crippen LogP contribution in [-0.4, -0.2) is 187 Å². The zero-order valence-electron chi connectivity index (χ0n) is 57.6. The number of amides is 12. The van der Waals surface area contributed by atoms with E-state index in [1.54, 1.807) is 119 Å². The number of fused-ring (bicyclic) bond motifs is 1. The number of primary amides is 1. The molecule has 0 unspecified atom stereocenters. The van der Waals surface area contributed by atoms with Gasteiger partial charge in [-0.3, -0.25) is 71.9 Å². The monoisotopic (exact) mass is 1430 g/mol. The van der Waals surface area contributed by atoms with Gasteiger partial charge in [0, 0.05) is 49.2 Å². The number of para-hydroxylation sites is 1. The van der Waals surface area contributed by atoms with Gasteiger partial charge < -0.3 is 95.4 Å². The number of carbonyl (C=O) groups excluding carboxylic acids is 12. The van der Waals surface area contributed by atoms with E-state index in [4.69, 9.17) is 16.6 Å². The number of phenols is 1. The van der Waals surface area contributed by atoms with Crippen LogP contribution in [0.1, 0.15) is 95.9 Å². The molecule has 4 aromatic carbocycles. The van der Waals surface area contributed by atoms with E-state index in [0.29, 0.717) is 33.2 Å². The van der Waals surface area contributed by atoms with E-state index < -0.39 is 200 Å². The first-order chi connectivity index (χ1) is 48.7. The van der Waals surface area contributed by atoms with Crippen LogP contribution in [0, 0.1) is 11.8 Å². The average Bonchev–Trinajstić information content (AvgIpc) is 1.48. The van der Waals surface area contributed by atoms with Crippen molar-refractivity contribution in [2.75, 3.05) is 6.54 Å². The first-order valence-corrected chi connectivity index (χ1v) is 33.1. The SMILES string of the molecule is CC(C)C[C@H](NC(=O)[C@H](CCC(=O)O)NC(=O)[C@H](C)NC(=O)[C@@H](NC(=O)[C@H](Cc1ccccc1)NC(=O)[C@H](Cc1c[nH]c2ccccc12)NC(=O)[C@H](CC(=O)O)NC(=O)[C@H](Cc1ccc(O)cc1)NC(=O)[C@H](Cc1ccccc1)NC(=O)[C@H](CC(N)=O)NC(=O)[C@H](C)N)C(C)C)C(=O)NCC(=O)O. The van der Waals surface area contributed by atoms with Crippen molar-refractivity contribution in [3.63, 3.8) is 0 Å². The molecule has 0 saturated heterocycles. The summed E-state index contributed by atoms with van der Waals surface area (Å²) in [7, 11) is 0. The van der Waals surface area contributed by atoms with Crippen molar-refractivity contribution in [3.8, 4) is 5.75 Å². The number of phenolic OH excluding ortho intramolecular Hbond substituents is 1. The number of hydrogen-bond donors (Lipinski definition) is 18. The Kier molecular flexibility index (Phi) is 31.7. The van der Waals surface area contributed by atoms with E-state index in [9.17, 15) is 82.4 Å². The zero-order chi connectivity index (χ0) is 76.2. The van der Waals surface area contributed by atoms with Gasteiger partial charge in [-0.15, -0.1) is 0 Å². The van der Waals surface area contributed by atoms with Gasteiger partial charge in [-0.05, 0) is 79.0 Å². The number of aromatic amines is 1. The fourth-order valence-electron chi connectivity index (χ4n) is 10.6. The molecular formula is C70H90N14O19. The van der Waals surface area contributed by atoms with Crippen molar-refractivity contribution < 1.29 is 92.3 Å². The van der Waals surface area contributed by atoms with Gasteiger partial charge in [0.15, 0.2) is 0 Å². The number of H-pyrrole nitrogens is 1. The molecule has 0 aliphatic heterocycles. The van der Waals surface area contributed by atoms with E-state index in [1.807, 2.05) is 0 Å². The molecule has 1 aromatic heterocycles. The smallest absolute Gasteiger partial charge is 0.322 e. The molecule has 20 N–H and O–H groups in total. The Morgan fingerprint density at radius 2 is 0.845 bits per heavy atom. The molecule has 5 rings (SSSR count). The maximum Gasteiger partial charge on any atom is 0.322 e. The van der Waals surface area contributed by atoms with Crippen LogP contribution in [0.3, 0.4) is 0 Å². The summed E-state index contributed by atoms with van der Waals surface area (Å²) in [6.07, 6.45) is -2.65. The normalized spacial score (nSPS) is 14.3. The number of hydrogen-bond acceptors (Lipinski definition) is 17. The van der Waals surface area contributed by atoms with E-state index >= 15 is 4.79 Å². The minimum atomic E-state index is -2.04. The molecule has 1 heterocycles. The van der Waals surface area contributed by atoms with E-state index in [1.165, 1.54) is 38.1 Å². The Morgan fingerprint density at radius 3 is 1.32 bits per heavy atom. The van der Waals surface area contributed by atoms with Gasteiger partial charge in [0.1, 0.15) is 72.7 Å². The van der Waals surface area contributed by atoms with Gasteiger partial charge in [-0.25, -0.2) is 0 Å². The van der Waals surface area contributed by atoms with Gasteiger partial charge in [-0.2, -0.15) is 0 Å². The number of aliphatic carboxylic acids is 3. The largest absolute Gasteiger partial charge is 0.508 e. The summed E-state index contributed by atoms with van der Waals surface area (Å²) < 4.78 is 0. The molecule has 0 fully saturated rings. The van der Waals surface area contributed by atoms with Crippen LogP contribution in [0.25, 0.3) is 10.9 Å².